The Hall–Kier alpha value is -1.65. The normalized spacial score (nSPS) is 15.6. The van der Waals surface area contributed by atoms with E-state index in [0.717, 1.165) is 17.5 Å². The number of aryl methyl sites for hydroxylation is 1. The van der Waals surface area contributed by atoms with Crippen LogP contribution in [0.2, 0.25) is 0 Å². The summed E-state index contributed by atoms with van der Waals surface area (Å²) >= 11 is 0. The van der Waals surface area contributed by atoms with Crippen molar-refractivity contribution in [3.63, 3.8) is 0 Å². The minimum atomic E-state index is -3.19. The molecule has 0 aliphatic carbocycles. The molecule has 0 N–H and O–H groups in total. The fourth-order valence-electron chi connectivity index (χ4n) is 2.73. The summed E-state index contributed by atoms with van der Waals surface area (Å²) in [6.45, 7) is 1.10. The zero-order chi connectivity index (χ0) is 14.7. The van der Waals surface area contributed by atoms with Crippen molar-refractivity contribution in [2.75, 3.05) is 12.3 Å². The molecule has 0 saturated heterocycles. The zero-order valence-electron chi connectivity index (χ0n) is 11.9. The summed E-state index contributed by atoms with van der Waals surface area (Å²) in [7, 11) is -3.19. The largest absolute Gasteiger partial charge is 0.214 e. The van der Waals surface area contributed by atoms with Gasteiger partial charge < -0.3 is 0 Å². The highest BCUT2D eigenvalue weighted by atomic mass is 32.2. The van der Waals surface area contributed by atoms with Crippen LogP contribution in [-0.2, 0) is 29.4 Å². The van der Waals surface area contributed by atoms with Gasteiger partial charge in [0.2, 0.25) is 10.0 Å². The van der Waals surface area contributed by atoms with Crippen LogP contribution in [0.25, 0.3) is 0 Å². The van der Waals surface area contributed by atoms with E-state index in [1.165, 1.54) is 5.56 Å². The highest BCUT2D eigenvalue weighted by Crippen LogP contribution is 2.21. The SMILES string of the molecule is O=S(=O)(CCc1ccccc1)N1CCc2ccccc2C1. The molecule has 110 valence electrons. The Balaban J connectivity index is 1.69. The van der Waals surface area contributed by atoms with Crippen molar-refractivity contribution in [3.05, 3.63) is 71.3 Å². The molecule has 1 aliphatic rings. The molecule has 21 heavy (non-hydrogen) atoms. The zero-order valence-corrected chi connectivity index (χ0v) is 12.7. The fourth-order valence-corrected chi connectivity index (χ4v) is 4.18. The third kappa shape index (κ3) is 3.34. The molecule has 0 atom stereocenters. The Kier molecular flexibility index (Phi) is 4.08. The number of benzene rings is 2. The van der Waals surface area contributed by atoms with Crippen molar-refractivity contribution in [2.45, 2.75) is 19.4 Å². The van der Waals surface area contributed by atoms with Gasteiger partial charge in [0.25, 0.3) is 0 Å². The molecule has 0 amide bonds. The molecule has 3 nitrogen and oxygen atoms in total. The quantitative estimate of drug-likeness (QED) is 0.870. The van der Waals surface area contributed by atoms with Gasteiger partial charge in [-0.25, -0.2) is 8.42 Å². The van der Waals surface area contributed by atoms with E-state index in [9.17, 15) is 8.42 Å². The summed E-state index contributed by atoms with van der Waals surface area (Å²) < 4.78 is 26.6. The standard InChI is InChI=1S/C17H19NO2S/c19-21(20,13-11-15-6-2-1-3-7-15)18-12-10-16-8-4-5-9-17(16)14-18/h1-9H,10-14H2. The maximum Gasteiger partial charge on any atom is 0.214 e. The first-order valence-corrected chi connectivity index (χ1v) is 8.84. The van der Waals surface area contributed by atoms with Gasteiger partial charge in [-0.2, -0.15) is 4.31 Å². The number of hydrogen-bond donors (Lipinski definition) is 0. The topological polar surface area (TPSA) is 37.4 Å². The maximum atomic E-state index is 12.5. The minimum absolute atomic E-state index is 0.180. The smallest absolute Gasteiger partial charge is 0.212 e. The van der Waals surface area contributed by atoms with Crippen LogP contribution in [0.3, 0.4) is 0 Å². The molecule has 0 aromatic heterocycles. The van der Waals surface area contributed by atoms with Crippen LogP contribution in [0.1, 0.15) is 16.7 Å². The third-order valence-corrected chi connectivity index (χ3v) is 5.80. The third-order valence-electron chi connectivity index (χ3n) is 3.98. The minimum Gasteiger partial charge on any atom is -0.212 e. The van der Waals surface area contributed by atoms with Crippen molar-refractivity contribution < 1.29 is 8.42 Å². The van der Waals surface area contributed by atoms with Crippen LogP contribution in [0, 0.1) is 0 Å². The number of sulfonamides is 1. The van der Waals surface area contributed by atoms with E-state index < -0.39 is 10.0 Å². The molecule has 0 radical (unpaired) electrons. The lowest BCUT2D eigenvalue weighted by molar-refractivity contribution is 0.391. The van der Waals surface area contributed by atoms with Crippen LogP contribution in [0.4, 0.5) is 0 Å². The summed E-state index contributed by atoms with van der Waals surface area (Å²) in [5.74, 6) is 0.180. The van der Waals surface area contributed by atoms with Crippen molar-refractivity contribution >= 4 is 10.0 Å². The van der Waals surface area contributed by atoms with Crippen molar-refractivity contribution in [1.29, 1.82) is 0 Å². The maximum absolute atomic E-state index is 12.5. The van der Waals surface area contributed by atoms with Gasteiger partial charge in [0.1, 0.15) is 0 Å². The molecular formula is C17H19NO2S. The number of rotatable bonds is 4. The van der Waals surface area contributed by atoms with Crippen LogP contribution in [0.5, 0.6) is 0 Å². The number of nitrogens with zero attached hydrogens (tertiary/aromatic N) is 1. The average molecular weight is 301 g/mol. The molecule has 0 bridgehead atoms. The summed E-state index contributed by atoms with van der Waals surface area (Å²) in [6.07, 6.45) is 1.38. The highest BCUT2D eigenvalue weighted by molar-refractivity contribution is 7.89. The number of fused-ring (bicyclic) bond motifs is 1. The van der Waals surface area contributed by atoms with E-state index in [-0.39, 0.29) is 5.75 Å². The lowest BCUT2D eigenvalue weighted by atomic mass is 10.0. The van der Waals surface area contributed by atoms with Crippen LogP contribution < -0.4 is 0 Å². The second-order valence-electron chi connectivity index (χ2n) is 5.40. The molecular weight excluding hydrogens is 282 g/mol. The summed E-state index contributed by atoms with van der Waals surface area (Å²) in [5, 5.41) is 0. The van der Waals surface area contributed by atoms with Gasteiger partial charge in [0.05, 0.1) is 5.75 Å². The van der Waals surface area contributed by atoms with E-state index in [2.05, 4.69) is 6.07 Å². The van der Waals surface area contributed by atoms with Gasteiger partial charge in [-0.3, -0.25) is 0 Å². The van der Waals surface area contributed by atoms with E-state index >= 15 is 0 Å². The first kappa shape index (κ1) is 14.3. The van der Waals surface area contributed by atoms with Gasteiger partial charge in [0, 0.05) is 13.1 Å². The number of hydrogen-bond acceptors (Lipinski definition) is 2. The molecule has 2 aromatic rings. The molecule has 1 heterocycles. The predicted octanol–water partition coefficient (Wildman–Crippen LogP) is 2.62. The Morgan fingerprint density at radius 1 is 0.905 bits per heavy atom. The molecule has 2 aromatic carbocycles. The average Bonchev–Trinajstić information content (AvgIpc) is 2.53. The fraction of sp³-hybridized carbons (Fsp3) is 0.294. The van der Waals surface area contributed by atoms with Crippen molar-refractivity contribution in [1.82, 2.24) is 4.31 Å². The van der Waals surface area contributed by atoms with Gasteiger partial charge in [-0.05, 0) is 29.5 Å². The molecule has 3 rings (SSSR count). The monoisotopic (exact) mass is 301 g/mol. The predicted molar refractivity (Wildman–Crippen MR) is 84.5 cm³/mol. The summed E-state index contributed by atoms with van der Waals surface area (Å²) in [6, 6.07) is 17.9. The van der Waals surface area contributed by atoms with E-state index in [4.69, 9.17) is 0 Å². The summed E-state index contributed by atoms with van der Waals surface area (Å²) in [5.41, 5.74) is 3.47. The first-order chi connectivity index (χ1) is 10.1. The second kappa shape index (κ2) is 6.00. The first-order valence-electron chi connectivity index (χ1n) is 7.24. The van der Waals surface area contributed by atoms with Crippen LogP contribution >= 0.6 is 0 Å². The summed E-state index contributed by atoms with van der Waals surface area (Å²) in [4.78, 5) is 0. The lowest BCUT2D eigenvalue weighted by Gasteiger charge is -2.28. The molecule has 0 fully saturated rings. The van der Waals surface area contributed by atoms with Crippen LogP contribution in [-0.4, -0.2) is 25.0 Å². The van der Waals surface area contributed by atoms with Gasteiger partial charge in [-0.15, -0.1) is 0 Å². The van der Waals surface area contributed by atoms with E-state index in [0.29, 0.717) is 19.5 Å². The van der Waals surface area contributed by atoms with Gasteiger partial charge >= 0.3 is 0 Å². The van der Waals surface area contributed by atoms with E-state index in [1.54, 1.807) is 4.31 Å². The molecule has 0 saturated carbocycles. The second-order valence-corrected chi connectivity index (χ2v) is 7.49. The lowest BCUT2D eigenvalue weighted by Crippen LogP contribution is -2.37. The van der Waals surface area contributed by atoms with Gasteiger partial charge in [-0.1, -0.05) is 54.6 Å². The highest BCUT2D eigenvalue weighted by Gasteiger charge is 2.26. The Morgan fingerprint density at radius 2 is 1.57 bits per heavy atom. The molecule has 0 unspecified atom stereocenters. The Bertz CT molecular complexity index is 711. The van der Waals surface area contributed by atoms with Crippen molar-refractivity contribution in [2.24, 2.45) is 0 Å². The molecule has 1 aliphatic heterocycles. The van der Waals surface area contributed by atoms with Crippen molar-refractivity contribution in [3.8, 4) is 0 Å². The molecule has 4 heteroatoms. The van der Waals surface area contributed by atoms with Gasteiger partial charge in [0.15, 0.2) is 0 Å². The molecule has 0 spiro atoms. The Labute approximate surface area is 126 Å². The van der Waals surface area contributed by atoms with E-state index in [1.807, 2.05) is 48.5 Å². The van der Waals surface area contributed by atoms with Crippen LogP contribution in [0.15, 0.2) is 54.6 Å². The Morgan fingerprint density at radius 3 is 2.33 bits per heavy atom.